The highest BCUT2D eigenvalue weighted by molar-refractivity contribution is 7.92. The Morgan fingerprint density at radius 2 is 1.45 bits per heavy atom. The summed E-state index contributed by atoms with van der Waals surface area (Å²) in [6.45, 7) is -0.214. The SMILES string of the molecule is O=S(=O)(NCC1CC(S(=O)(=O)c2cccc(C(F)(F)F)c2)C1)c1ccc(C(F)(F)F)cc1Cl. The van der Waals surface area contributed by atoms with Gasteiger partial charge in [-0.1, -0.05) is 17.7 Å². The van der Waals surface area contributed by atoms with Crippen molar-refractivity contribution in [1.29, 1.82) is 0 Å². The lowest BCUT2D eigenvalue weighted by Gasteiger charge is -2.35. The second-order valence-corrected chi connectivity index (χ2v) is 11.9. The summed E-state index contributed by atoms with van der Waals surface area (Å²) in [5.74, 6) is -0.432. The molecule has 33 heavy (non-hydrogen) atoms. The summed E-state index contributed by atoms with van der Waals surface area (Å²) >= 11 is 5.70. The predicted octanol–water partition coefficient (Wildman–Crippen LogP) is 4.91. The minimum atomic E-state index is -4.70. The molecule has 0 saturated heterocycles. The Kier molecular flexibility index (Phi) is 6.84. The Labute approximate surface area is 190 Å². The number of sulfone groups is 1. The van der Waals surface area contributed by atoms with Crippen molar-refractivity contribution in [1.82, 2.24) is 4.72 Å². The van der Waals surface area contributed by atoms with E-state index in [1.807, 2.05) is 0 Å². The van der Waals surface area contributed by atoms with Gasteiger partial charge in [0.1, 0.15) is 4.90 Å². The first kappa shape index (κ1) is 25.8. The lowest BCUT2D eigenvalue weighted by atomic mass is 9.85. The van der Waals surface area contributed by atoms with Gasteiger partial charge in [-0.15, -0.1) is 0 Å². The van der Waals surface area contributed by atoms with E-state index in [0.717, 1.165) is 24.3 Å². The van der Waals surface area contributed by atoms with Gasteiger partial charge in [0.25, 0.3) is 0 Å². The van der Waals surface area contributed by atoms with Crippen molar-refractivity contribution in [3.05, 3.63) is 58.6 Å². The third-order valence-electron chi connectivity index (χ3n) is 5.23. The molecular weight excluding hydrogens is 520 g/mol. The topological polar surface area (TPSA) is 80.3 Å². The molecule has 1 saturated carbocycles. The van der Waals surface area contributed by atoms with Crippen LogP contribution in [0, 0.1) is 5.92 Å². The molecular formula is C19H16ClF6NO4S2. The molecule has 3 rings (SSSR count). The number of halogens is 7. The molecule has 14 heteroatoms. The summed E-state index contributed by atoms with van der Waals surface area (Å²) in [6, 6.07) is 5.14. The molecule has 5 nitrogen and oxygen atoms in total. The molecule has 1 aliphatic rings. The van der Waals surface area contributed by atoms with Gasteiger partial charge in [0.2, 0.25) is 10.0 Å². The minimum Gasteiger partial charge on any atom is -0.223 e. The molecule has 182 valence electrons. The van der Waals surface area contributed by atoms with Crippen molar-refractivity contribution >= 4 is 31.5 Å². The van der Waals surface area contributed by atoms with E-state index in [0.29, 0.717) is 18.2 Å². The van der Waals surface area contributed by atoms with Gasteiger partial charge < -0.3 is 0 Å². The summed E-state index contributed by atoms with van der Waals surface area (Å²) < 4.78 is 129. The molecule has 1 N–H and O–H groups in total. The standard InChI is InChI=1S/C19H16ClF6NO4S2/c20-16-9-13(19(24,25)26)4-5-17(16)33(30,31)27-10-11-6-15(7-11)32(28,29)14-3-1-2-12(8-14)18(21,22)23/h1-5,8-9,11,15,27H,6-7,10H2. The van der Waals surface area contributed by atoms with Crippen LogP contribution in [0.3, 0.4) is 0 Å². The fraction of sp³-hybridized carbons (Fsp3) is 0.368. The van der Waals surface area contributed by atoms with Crippen molar-refractivity contribution in [2.45, 2.75) is 40.2 Å². The maximum absolute atomic E-state index is 12.9. The third kappa shape index (κ3) is 5.64. The zero-order valence-corrected chi connectivity index (χ0v) is 18.8. The zero-order chi connectivity index (χ0) is 24.8. The van der Waals surface area contributed by atoms with Crippen molar-refractivity contribution in [3.63, 3.8) is 0 Å². The second kappa shape index (κ2) is 8.75. The molecule has 2 aromatic carbocycles. The molecule has 0 spiro atoms. The van der Waals surface area contributed by atoms with E-state index < -0.39 is 69.3 Å². The highest BCUT2D eigenvalue weighted by Gasteiger charge is 2.41. The van der Waals surface area contributed by atoms with Crippen LogP contribution in [0.25, 0.3) is 0 Å². The monoisotopic (exact) mass is 535 g/mol. The molecule has 2 aromatic rings. The number of alkyl halides is 6. The largest absolute Gasteiger partial charge is 0.416 e. The number of benzene rings is 2. The Balaban J connectivity index is 1.64. The number of rotatable bonds is 6. The van der Waals surface area contributed by atoms with Crippen molar-refractivity contribution < 1.29 is 43.2 Å². The average molecular weight is 536 g/mol. The van der Waals surface area contributed by atoms with E-state index in [-0.39, 0.29) is 19.4 Å². The Morgan fingerprint density at radius 3 is 2.00 bits per heavy atom. The summed E-state index contributed by atoms with van der Waals surface area (Å²) in [5.41, 5.74) is -2.21. The molecule has 0 bridgehead atoms. The lowest BCUT2D eigenvalue weighted by Crippen LogP contribution is -2.42. The number of sulfonamides is 1. The first-order valence-electron chi connectivity index (χ1n) is 9.29. The highest BCUT2D eigenvalue weighted by Crippen LogP contribution is 2.38. The molecule has 0 heterocycles. The van der Waals surface area contributed by atoms with Gasteiger partial charge in [0, 0.05) is 6.54 Å². The van der Waals surface area contributed by atoms with Crippen LogP contribution in [-0.4, -0.2) is 28.6 Å². The van der Waals surface area contributed by atoms with Crippen LogP contribution in [0.5, 0.6) is 0 Å². The highest BCUT2D eigenvalue weighted by atomic mass is 35.5. The zero-order valence-electron chi connectivity index (χ0n) is 16.4. The number of nitrogens with one attached hydrogen (secondary N) is 1. The summed E-state index contributed by atoms with van der Waals surface area (Å²) in [5, 5.41) is -1.61. The Hall–Kier alpha value is -1.83. The van der Waals surface area contributed by atoms with Crippen molar-refractivity contribution in [2.75, 3.05) is 6.54 Å². The van der Waals surface area contributed by atoms with Crippen LogP contribution in [0.4, 0.5) is 26.3 Å². The molecule has 0 amide bonds. The smallest absolute Gasteiger partial charge is 0.223 e. The average Bonchev–Trinajstić information content (AvgIpc) is 2.65. The quantitative estimate of drug-likeness (QED) is 0.533. The van der Waals surface area contributed by atoms with Crippen molar-refractivity contribution in [3.8, 4) is 0 Å². The lowest BCUT2D eigenvalue weighted by molar-refractivity contribution is -0.138. The van der Waals surface area contributed by atoms with E-state index in [4.69, 9.17) is 11.6 Å². The molecule has 1 aliphatic carbocycles. The molecule has 0 aromatic heterocycles. The molecule has 0 radical (unpaired) electrons. The minimum absolute atomic E-state index is 0.00183. The van der Waals surface area contributed by atoms with Crippen LogP contribution in [0.15, 0.2) is 52.3 Å². The van der Waals surface area contributed by atoms with Gasteiger partial charge in [-0.3, -0.25) is 0 Å². The van der Waals surface area contributed by atoms with E-state index in [1.165, 1.54) is 0 Å². The summed E-state index contributed by atoms with van der Waals surface area (Å²) in [6.07, 6.45) is -9.40. The summed E-state index contributed by atoms with van der Waals surface area (Å²) in [4.78, 5) is -1.04. The van der Waals surface area contributed by atoms with E-state index in [2.05, 4.69) is 4.72 Å². The molecule has 1 fully saturated rings. The summed E-state index contributed by atoms with van der Waals surface area (Å²) in [7, 11) is -8.33. The maximum Gasteiger partial charge on any atom is 0.416 e. The number of hydrogen-bond acceptors (Lipinski definition) is 4. The molecule has 0 unspecified atom stereocenters. The van der Waals surface area contributed by atoms with Gasteiger partial charge in [-0.05, 0) is 55.2 Å². The maximum atomic E-state index is 12.9. The van der Waals surface area contributed by atoms with Gasteiger partial charge in [-0.2, -0.15) is 26.3 Å². The first-order chi connectivity index (χ1) is 15.0. The number of hydrogen-bond donors (Lipinski definition) is 1. The normalized spacial score (nSPS) is 19.8. The first-order valence-corrected chi connectivity index (χ1v) is 12.7. The van der Waals surface area contributed by atoms with Gasteiger partial charge in [-0.25, -0.2) is 21.6 Å². The van der Waals surface area contributed by atoms with Crippen molar-refractivity contribution in [2.24, 2.45) is 5.92 Å². The van der Waals surface area contributed by atoms with Crippen LogP contribution in [-0.2, 0) is 32.2 Å². The molecule has 0 atom stereocenters. The van der Waals surface area contributed by atoms with Crippen LogP contribution in [0.2, 0.25) is 5.02 Å². The van der Waals surface area contributed by atoms with Crippen LogP contribution >= 0.6 is 11.6 Å². The van der Waals surface area contributed by atoms with Gasteiger partial charge in [0.05, 0.1) is 26.3 Å². The van der Waals surface area contributed by atoms with Gasteiger partial charge in [0.15, 0.2) is 9.84 Å². The Morgan fingerprint density at radius 1 is 0.879 bits per heavy atom. The fourth-order valence-corrected chi connectivity index (χ4v) is 6.99. The fourth-order valence-electron chi connectivity index (χ4n) is 3.34. The molecule has 0 aliphatic heterocycles. The predicted molar refractivity (Wildman–Crippen MR) is 107 cm³/mol. The van der Waals surface area contributed by atoms with E-state index in [9.17, 15) is 43.2 Å². The van der Waals surface area contributed by atoms with Crippen LogP contribution < -0.4 is 4.72 Å². The van der Waals surface area contributed by atoms with E-state index in [1.54, 1.807) is 0 Å². The van der Waals surface area contributed by atoms with Gasteiger partial charge >= 0.3 is 12.4 Å². The Bertz CT molecular complexity index is 1250. The third-order valence-corrected chi connectivity index (χ3v) is 9.31. The van der Waals surface area contributed by atoms with E-state index >= 15 is 0 Å². The van der Waals surface area contributed by atoms with Crippen LogP contribution in [0.1, 0.15) is 24.0 Å². The second-order valence-electron chi connectivity index (χ2n) is 7.52.